The Morgan fingerprint density at radius 1 is 1.00 bits per heavy atom. The largest absolute Gasteiger partial charge is 0.379 e. The molecule has 1 heterocycles. The van der Waals surface area contributed by atoms with Gasteiger partial charge < -0.3 is 10.1 Å². The van der Waals surface area contributed by atoms with E-state index in [1.165, 1.54) is 16.7 Å². The quantitative estimate of drug-likeness (QED) is 0.819. The average Bonchev–Trinajstić information content (AvgIpc) is 2.48. The summed E-state index contributed by atoms with van der Waals surface area (Å²) >= 11 is 0. The zero-order valence-electron chi connectivity index (χ0n) is 12.6. The third-order valence-corrected chi connectivity index (χ3v) is 4.37. The summed E-state index contributed by atoms with van der Waals surface area (Å²) < 4.78 is 5.51. The first-order valence-corrected chi connectivity index (χ1v) is 7.68. The molecule has 2 heteroatoms. The molecule has 0 spiro atoms. The van der Waals surface area contributed by atoms with Crippen LogP contribution in [0, 0.1) is 6.92 Å². The number of hydrogen-bond donors (Lipinski definition) is 1. The van der Waals surface area contributed by atoms with Crippen LogP contribution < -0.4 is 5.32 Å². The molecule has 0 atom stereocenters. The molecule has 1 N–H and O–H groups in total. The Kier molecular flexibility index (Phi) is 4.37. The van der Waals surface area contributed by atoms with Gasteiger partial charge in [0, 0.05) is 12.0 Å². The lowest BCUT2D eigenvalue weighted by molar-refractivity contribution is -0.0640. The van der Waals surface area contributed by atoms with E-state index in [2.05, 4.69) is 66.8 Å². The fourth-order valence-electron chi connectivity index (χ4n) is 2.87. The molecule has 21 heavy (non-hydrogen) atoms. The summed E-state index contributed by atoms with van der Waals surface area (Å²) in [6, 6.07) is 19.5. The van der Waals surface area contributed by atoms with Crippen LogP contribution in [0.4, 0.5) is 0 Å². The van der Waals surface area contributed by atoms with Crippen molar-refractivity contribution < 1.29 is 4.74 Å². The highest BCUT2D eigenvalue weighted by Crippen LogP contribution is 2.35. The van der Waals surface area contributed by atoms with E-state index in [0.717, 1.165) is 32.7 Å². The fraction of sp³-hybridized carbons (Fsp3) is 0.368. The van der Waals surface area contributed by atoms with Gasteiger partial charge in [-0.25, -0.2) is 0 Å². The molecule has 1 fully saturated rings. The summed E-state index contributed by atoms with van der Waals surface area (Å²) in [5.41, 5.74) is 4.29. The summed E-state index contributed by atoms with van der Waals surface area (Å²) in [6.45, 7) is 5.79. The first kappa shape index (κ1) is 14.3. The minimum absolute atomic E-state index is 0.220. The second-order valence-electron chi connectivity index (χ2n) is 6.05. The molecule has 2 aromatic rings. The van der Waals surface area contributed by atoms with Crippen LogP contribution in [0.2, 0.25) is 0 Å². The van der Waals surface area contributed by atoms with Crippen molar-refractivity contribution in [3.63, 3.8) is 0 Å². The molecular weight excluding hydrogens is 258 g/mol. The van der Waals surface area contributed by atoms with E-state index in [4.69, 9.17) is 4.74 Å². The number of rotatable bonds is 6. The van der Waals surface area contributed by atoms with Gasteiger partial charge in [-0.3, -0.25) is 0 Å². The van der Waals surface area contributed by atoms with Gasteiger partial charge >= 0.3 is 0 Å². The van der Waals surface area contributed by atoms with Crippen LogP contribution in [0.25, 0.3) is 0 Å². The minimum Gasteiger partial charge on any atom is -0.379 e. The Labute approximate surface area is 127 Å². The molecule has 2 aromatic carbocycles. The third-order valence-electron chi connectivity index (χ3n) is 4.37. The van der Waals surface area contributed by atoms with Crippen molar-refractivity contribution in [2.75, 3.05) is 19.8 Å². The molecule has 0 saturated carbocycles. The van der Waals surface area contributed by atoms with Gasteiger partial charge in [0.15, 0.2) is 0 Å². The first-order chi connectivity index (χ1) is 10.3. The van der Waals surface area contributed by atoms with Gasteiger partial charge in [-0.05, 0) is 31.0 Å². The number of ether oxygens (including phenoxy) is 1. The lowest BCUT2D eigenvalue weighted by Gasteiger charge is -2.42. The van der Waals surface area contributed by atoms with Gasteiger partial charge in [0.05, 0.1) is 13.2 Å². The summed E-state index contributed by atoms with van der Waals surface area (Å²) in [5, 5.41) is 3.55. The van der Waals surface area contributed by atoms with Crippen LogP contribution in [0.3, 0.4) is 0 Å². The van der Waals surface area contributed by atoms with Crippen LogP contribution in [-0.2, 0) is 16.7 Å². The molecule has 1 aliphatic heterocycles. The molecule has 1 saturated heterocycles. The lowest BCUT2D eigenvalue weighted by atomic mass is 9.75. The smallest absolute Gasteiger partial charge is 0.0586 e. The topological polar surface area (TPSA) is 21.3 Å². The predicted octanol–water partition coefficient (Wildman–Crippen LogP) is 3.44. The maximum absolute atomic E-state index is 5.51. The Morgan fingerprint density at radius 2 is 1.71 bits per heavy atom. The Hall–Kier alpha value is -1.64. The predicted molar refractivity (Wildman–Crippen MR) is 86.4 cm³/mol. The van der Waals surface area contributed by atoms with Crippen molar-refractivity contribution in [2.24, 2.45) is 0 Å². The van der Waals surface area contributed by atoms with Crippen molar-refractivity contribution in [1.29, 1.82) is 0 Å². The Morgan fingerprint density at radius 3 is 2.33 bits per heavy atom. The second kappa shape index (κ2) is 6.42. The van der Waals surface area contributed by atoms with Crippen LogP contribution in [-0.4, -0.2) is 19.8 Å². The standard InChI is InChI=1S/C19H23NO/c1-16-7-9-18(10-8-16)19(14-21-15-19)11-12-20-13-17-5-3-2-4-6-17/h2-10,20H,11-15H2,1H3. The molecule has 0 unspecified atom stereocenters. The van der Waals surface area contributed by atoms with Gasteiger partial charge in [-0.2, -0.15) is 0 Å². The van der Waals surface area contributed by atoms with Crippen molar-refractivity contribution in [1.82, 2.24) is 5.32 Å². The molecule has 110 valence electrons. The van der Waals surface area contributed by atoms with E-state index in [1.807, 2.05) is 0 Å². The van der Waals surface area contributed by atoms with Gasteiger partial charge in [-0.15, -0.1) is 0 Å². The molecular formula is C19H23NO. The average molecular weight is 281 g/mol. The van der Waals surface area contributed by atoms with Crippen LogP contribution >= 0.6 is 0 Å². The van der Waals surface area contributed by atoms with E-state index in [1.54, 1.807) is 0 Å². The zero-order chi connectivity index (χ0) is 14.5. The number of aryl methyl sites for hydroxylation is 1. The van der Waals surface area contributed by atoms with Crippen LogP contribution in [0.1, 0.15) is 23.1 Å². The fourth-order valence-corrected chi connectivity index (χ4v) is 2.87. The summed E-state index contributed by atoms with van der Waals surface area (Å²) in [7, 11) is 0. The van der Waals surface area contributed by atoms with Crippen LogP contribution in [0.5, 0.6) is 0 Å². The molecule has 1 aliphatic rings. The lowest BCUT2D eigenvalue weighted by Crippen LogP contribution is -2.48. The first-order valence-electron chi connectivity index (χ1n) is 7.68. The molecule has 0 aromatic heterocycles. The van der Waals surface area contributed by atoms with Gasteiger partial charge in [0.2, 0.25) is 0 Å². The molecule has 3 rings (SSSR count). The maximum Gasteiger partial charge on any atom is 0.0586 e. The number of nitrogens with one attached hydrogen (secondary N) is 1. The highest BCUT2D eigenvalue weighted by atomic mass is 16.5. The van der Waals surface area contributed by atoms with E-state index in [0.29, 0.717) is 0 Å². The van der Waals surface area contributed by atoms with Crippen LogP contribution in [0.15, 0.2) is 54.6 Å². The van der Waals surface area contributed by atoms with E-state index in [-0.39, 0.29) is 5.41 Å². The van der Waals surface area contributed by atoms with E-state index >= 15 is 0 Å². The summed E-state index contributed by atoms with van der Waals surface area (Å²) in [6.07, 6.45) is 1.13. The Balaban J connectivity index is 1.54. The maximum atomic E-state index is 5.51. The zero-order valence-corrected chi connectivity index (χ0v) is 12.6. The Bertz CT molecular complexity index is 558. The number of benzene rings is 2. The molecule has 0 aliphatic carbocycles. The highest BCUT2D eigenvalue weighted by molar-refractivity contribution is 5.30. The third kappa shape index (κ3) is 3.34. The van der Waals surface area contributed by atoms with Gasteiger partial charge in [-0.1, -0.05) is 60.2 Å². The number of hydrogen-bond acceptors (Lipinski definition) is 2. The van der Waals surface area contributed by atoms with Crippen molar-refractivity contribution in [3.05, 3.63) is 71.3 Å². The molecule has 0 bridgehead atoms. The summed E-state index contributed by atoms with van der Waals surface area (Å²) in [4.78, 5) is 0. The monoisotopic (exact) mass is 281 g/mol. The molecule has 0 radical (unpaired) electrons. The SMILES string of the molecule is Cc1ccc(C2(CCNCc3ccccc3)COC2)cc1. The minimum atomic E-state index is 0.220. The summed E-state index contributed by atoms with van der Waals surface area (Å²) in [5.74, 6) is 0. The highest BCUT2D eigenvalue weighted by Gasteiger charge is 2.39. The molecule has 2 nitrogen and oxygen atoms in total. The van der Waals surface area contributed by atoms with Gasteiger partial charge in [0.1, 0.15) is 0 Å². The normalized spacial score (nSPS) is 16.4. The second-order valence-corrected chi connectivity index (χ2v) is 6.05. The van der Waals surface area contributed by atoms with Crippen molar-refractivity contribution in [3.8, 4) is 0 Å². The molecule has 0 amide bonds. The van der Waals surface area contributed by atoms with Gasteiger partial charge in [0.25, 0.3) is 0 Å². The van der Waals surface area contributed by atoms with E-state index < -0.39 is 0 Å². The van der Waals surface area contributed by atoms with Crippen molar-refractivity contribution >= 4 is 0 Å². The van der Waals surface area contributed by atoms with Crippen molar-refractivity contribution in [2.45, 2.75) is 25.3 Å². The van der Waals surface area contributed by atoms with E-state index in [9.17, 15) is 0 Å².